The summed E-state index contributed by atoms with van der Waals surface area (Å²) in [5.41, 5.74) is 0.955. The third-order valence-corrected chi connectivity index (χ3v) is 5.36. The first-order valence-corrected chi connectivity index (χ1v) is 9.07. The molecule has 1 N–H and O–H groups in total. The van der Waals surface area contributed by atoms with E-state index in [-0.39, 0.29) is 11.9 Å². The number of ether oxygens (including phenoxy) is 1. The molecule has 1 saturated heterocycles. The zero-order valence-corrected chi connectivity index (χ0v) is 14.1. The number of morpholine rings is 1. The number of nitrogens with zero attached hydrogens (tertiary/aromatic N) is 2. The lowest BCUT2D eigenvalue weighted by molar-refractivity contribution is -0.900. The maximum atomic E-state index is 12.9. The molecule has 0 aliphatic carbocycles. The van der Waals surface area contributed by atoms with E-state index >= 15 is 0 Å². The summed E-state index contributed by atoms with van der Waals surface area (Å²) in [5, 5.41) is 8.29. The molecular formula is C17H20N3O3S+. The highest BCUT2D eigenvalue weighted by Crippen LogP contribution is 2.33. The molecule has 0 radical (unpaired) electrons. The van der Waals surface area contributed by atoms with Gasteiger partial charge in [0.2, 0.25) is 0 Å². The van der Waals surface area contributed by atoms with Crippen LogP contribution in [0.1, 0.15) is 23.1 Å². The van der Waals surface area contributed by atoms with Crippen molar-refractivity contribution >= 4 is 23.0 Å². The molecule has 2 aliphatic rings. The molecule has 4 rings (SSSR count). The molecule has 0 saturated carbocycles. The summed E-state index contributed by atoms with van der Waals surface area (Å²) in [6.45, 7) is 3.61. The molecule has 126 valence electrons. The van der Waals surface area contributed by atoms with Gasteiger partial charge in [-0.25, -0.2) is 5.01 Å². The van der Waals surface area contributed by atoms with E-state index in [0.717, 1.165) is 29.4 Å². The van der Waals surface area contributed by atoms with Gasteiger partial charge in [0.15, 0.2) is 6.54 Å². The van der Waals surface area contributed by atoms with E-state index in [1.54, 1.807) is 22.6 Å². The molecule has 0 unspecified atom stereocenters. The largest absolute Gasteiger partial charge is 0.467 e. The maximum Gasteiger partial charge on any atom is 0.298 e. The molecule has 2 aromatic rings. The van der Waals surface area contributed by atoms with Crippen LogP contribution in [0.2, 0.25) is 0 Å². The highest BCUT2D eigenvalue weighted by atomic mass is 32.1. The number of hydrogen-bond acceptors (Lipinski definition) is 5. The van der Waals surface area contributed by atoms with Crippen LogP contribution in [-0.2, 0) is 9.53 Å². The van der Waals surface area contributed by atoms with Crippen LogP contribution in [-0.4, -0.2) is 49.5 Å². The zero-order valence-electron chi connectivity index (χ0n) is 13.3. The van der Waals surface area contributed by atoms with Crippen molar-refractivity contribution < 1.29 is 18.8 Å². The Morgan fingerprint density at radius 1 is 1.33 bits per heavy atom. The van der Waals surface area contributed by atoms with E-state index in [1.807, 2.05) is 29.6 Å². The number of hydrazone groups is 1. The molecule has 24 heavy (non-hydrogen) atoms. The van der Waals surface area contributed by atoms with Gasteiger partial charge in [-0.15, -0.1) is 11.3 Å². The van der Waals surface area contributed by atoms with Crippen LogP contribution in [0.5, 0.6) is 0 Å². The number of quaternary nitrogens is 1. The molecule has 6 nitrogen and oxygen atoms in total. The predicted octanol–water partition coefficient (Wildman–Crippen LogP) is 0.934. The normalized spacial score (nSPS) is 21.9. The van der Waals surface area contributed by atoms with Crippen LogP contribution >= 0.6 is 11.3 Å². The first-order valence-electron chi connectivity index (χ1n) is 8.19. The fraction of sp³-hybridized carbons (Fsp3) is 0.412. The Kier molecular flexibility index (Phi) is 4.46. The van der Waals surface area contributed by atoms with Crippen molar-refractivity contribution in [2.24, 2.45) is 5.10 Å². The van der Waals surface area contributed by atoms with Gasteiger partial charge in [-0.05, 0) is 23.6 Å². The topological polar surface area (TPSA) is 59.5 Å². The first-order chi connectivity index (χ1) is 11.8. The Hall–Kier alpha value is -1.96. The Morgan fingerprint density at radius 3 is 2.92 bits per heavy atom. The molecular weight excluding hydrogens is 326 g/mol. The SMILES string of the molecule is O=C(C[NH+]1CCOCC1)N1N=C(c2cccs2)C[C@H]1c1ccco1. The average Bonchev–Trinajstić information content (AvgIpc) is 3.35. The number of nitrogens with one attached hydrogen (secondary N) is 1. The van der Waals surface area contributed by atoms with Crippen molar-refractivity contribution in [2.45, 2.75) is 12.5 Å². The quantitative estimate of drug-likeness (QED) is 0.896. The number of carbonyl (C=O) groups is 1. The van der Waals surface area contributed by atoms with E-state index in [2.05, 4.69) is 5.10 Å². The van der Waals surface area contributed by atoms with Gasteiger partial charge >= 0.3 is 0 Å². The number of thiophene rings is 1. The second-order valence-electron chi connectivity index (χ2n) is 6.04. The Labute approximate surface area is 144 Å². The summed E-state index contributed by atoms with van der Waals surface area (Å²) in [6.07, 6.45) is 2.34. The zero-order chi connectivity index (χ0) is 16.4. The van der Waals surface area contributed by atoms with Crippen LogP contribution in [0.15, 0.2) is 45.4 Å². The second kappa shape index (κ2) is 6.88. The molecule has 0 aromatic carbocycles. The molecule has 0 spiro atoms. The van der Waals surface area contributed by atoms with Crippen LogP contribution in [0.3, 0.4) is 0 Å². The van der Waals surface area contributed by atoms with E-state index in [9.17, 15) is 4.79 Å². The predicted molar refractivity (Wildman–Crippen MR) is 90.2 cm³/mol. The van der Waals surface area contributed by atoms with Gasteiger partial charge < -0.3 is 14.1 Å². The standard InChI is InChI=1S/C17H19N3O3S/c21-17(12-19-5-8-22-9-6-19)20-14(15-3-1-7-23-15)11-13(18-20)16-4-2-10-24-16/h1-4,7,10,14H,5-6,8-9,11-12H2/p+1/t14-/m0/s1. The van der Waals surface area contributed by atoms with Crippen LogP contribution < -0.4 is 4.90 Å². The number of amides is 1. The van der Waals surface area contributed by atoms with Crippen LogP contribution in [0, 0.1) is 0 Å². The number of hydrogen-bond donors (Lipinski definition) is 1. The third-order valence-electron chi connectivity index (χ3n) is 4.44. The molecule has 2 aliphatic heterocycles. The van der Waals surface area contributed by atoms with Crippen molar-refractivity contribution in [3.63, 3.8) is 0 Å². The van der Waals surface area contributed by atoms with Crippen LogP contribution in [0.25, 0.3) is 0 Å². The molecule has 2 aromatic heterocycles. The van der Waals surface area contributed by atoms with E-state index < -0.39 is 0 Å². The monoisotopic (exact) mass is 346 g/mol. The maximum absolute atomic E-state index is 12.9. The Bertz CT molecular complexity index is 706. The summed E-state index contributed by atoms with van der Waals surface area (Å²) in [6, 6.07) is 7.68. The molecule has 1 atom stereocenters. The van der Waals surface area contributed by atoms with E-state index in [4.69, 9.17) is 9.15 Å². The lowest BCUT2D eigenvalue weighted by Crippen LogP contribution is -3.15. The lowest BCUT2D eigenvalue weighted by atomic mass is 10.1. The minimum atomic E-state index is -0.148. The van der Waals surface area contributed by atoms with Crippen molar-refractivity contribution in [3.05, 3.63) is 46.5 Å². The summed E-state index contributed by atoms with van der Waals surface area (Å²) < 4.78 is 10.9. The third kappa shape index (κ3) is 3.15. The summed E-state index contributed by atoms with van der Waals surface area (Å²) in [7, 11) is 0. The van der Waals surface area contributed by atoms with Crippen LogP contribution in [0.4, 0.5) is 0 Å². The van der Waals surface area contributed by atoms with Gasteiger partial charge in [-0.2, -0.15) is 5.10 Å². The second-order valence-corrected chi connectivity index (χ2v) is 6.98. The molecule has 4 heterocycles. The highest BCUT2D eigenvalue weighted by Gasteiger charge is 2.36. The Morgan fingerprint density at radius 2 is 2.21 bits per heavy atom. The highest BCUT2D eigenvalue weighted by molar-refractivity contribution is 7.12. The lowest BCUT2D eigenvalue weighted by Gasteiger charge is -2.26. The fourth-order valence-corrected chi connectivity index (χ4v) is 3.89. The van der Waals surface area contributed by atoms with Crippen molar-refractivity contribution in [2.75, 3.05) is 32.8 Å². The smallest absolute Gasteiger partial charge is 0.298 e. The Balaban J connectivity index is 1.55. The van der Waals surface area contributed by atoms with Gasteiger partial charge in [0.05, 0.1) is 30.1 Å². The minimum Gasteiger partial charge on any atom is -0.467 e. The van der Waals surface area contributed by atoms with Gasteiger partial charge in [0.25, 0.3) is 5.91 Å². The van der Waals surface area contributed by atoms with Gasteiger partial charge in [-0.3, -0.25) is 4.79 Å². The minimum absolute atomic E-state index is 0.0415. The summed E-state index contributed by atoms with van der Waals surface area (Å²) in [5.74, 6) is 0.829. The number of furan rings is 1. The fourth-order valence-electron chi connectivity index (χ4n) is 3.17. The van der Waals surface area contributed by atoms with Crippen molar-refractivity contribution in [3.8, 4) is 0 Å². The van der Waals surface area contributed by atoms with Crippen molar-refractivity contribution in [1.82, 2.24) is 5.01 Å². The molecule has 1 fully saturated rings. The van der Waals surface area contributed by atoms with E-state index in [1.165, 1.54) is 4.90 Å². The van der Waals surface area contributed by atoms with Gasteiger partial charge in [0.1, 0.15) is 24.9 Å². The molecule has 1 amide bonds. The molecule has 0 bridgehead atoms. The summed E-state index contributed by atoms with van der Waals surface area (Å²) in [4.78, 5) is 15.2. The van der Waals surface area contributed by atoms with Gasteiger partial charge in [-0.1, -0.05) is 6.07 Å². The van der Waals surface area contributed by atoms with Crippen molar-refractivity contribution in [1.29, 1.82) is 0 Å². The number of rotatable bonds is 4. The van der Waals surface area contributed by atoms with E-state index in [0.29, 0.717) is 26.2 Å². The average molecular weight is 346 g/mol. The summed E-state index contributed by atoms with van der Waals surface area (Å²) >= 11 is 1.65. The number of carbonyl (C=O) groups excluding carboxylic acids is 1. The first kappa shape index (κ1) is 15.6. The molecule has 7 heteroatoms. The van der Waals surface area contributed by atoms with Gasteiger partial charge in [0, 0.05) is 6.42 Å².